The van der Waals surface area contributed by atoms with Gasteiger partial charge in [-0.15, -0.1) is 0 Å². The third-order valence-corrected chi connectivity index (χ3v) is 2.40. The lowest BCUT2D eigenvalue weighted by Gasteiger charge is -2.06. The fraction of sp³-hybridized carbons (Fsp3) is 0.200. The maximum atomic E-state index is 5.46. The molecule has 0 aliphatic rings. The Morgan fingerprint density at radius 3 is 2.92 bits per heavy atom. The highest BCUT2D eigenvalue weighted by atomic mass is 79.9. The minimum absolute atomic E-state index is 0.528. The zero-order valence-electron chi connectivity index (χ0n) is 7.16. The standard InChI is InChI=1S/C10H11BrOS/c1-8(7-13)6-12-10-4-2-3-9(11)5-10/h2-5,13H,1,6-7H2. The monoisotopic (exact) mass is 258 g/mol. The summed E-state index contributed by atoms with van der Waals surface area (Å²) < 4.78 is 6.48. The molecule has 0 spiro atoms. The van der Waals surface area contributed by atoms with E-state index >= 15 is 0 Å². The van der Waals surface area contributed by atoms with E-state index in [2.05, 4.69) is 35.1 Å². The summed E-state index contributed by atoms with van der Waals surface area (Å²) in [6.07, 6.45) is 0. The van der Waals surface area contributed by atoms with Gasteiger partial charge in [-0.2, -0.15) is 12.6 Å². The second kappa shape index (κ2) is 5.35. The van der Waals surface area contributed by atoms with Crippen LogP contribution in [-0.2, 0) is 0 Å². The second-order valence-electron chi connectivity index (χ2n) is 2.65. The van der Waals surface area contributed by atoms with Crippen LogP contribution in [0.2, 0.25) is 0 Å². The first-order valence-electron chi connectivity index (χ1n) is 3.88. The Morgan fingerprint density at radius 1 is 1.54 bits per heavy atom. The molecule has 0 heterocycles. The Balaban J connectivity index is 2.50. The molecule has 0 bridgehead atoms. The zero-order valence-corrected chi connectivity index (χ0v) is 9.64. The van der Waals surface area contributed by atoms with Gasteiger partial charge < -0.3 is 4.74 Å². The number of halogens is 1. The first kappa shape index (κ1) is 10.7. The molecule has 0 saturated heterocycles. The molecule has 0 atom stereocenters. The molecule has 1 aromatic rings. The van der Waals surface area contributed by atoms with Gasteiger partial charge in [0.1, 0.15) is 12.4 Å². The van der Waals surface area contributed by atoms with E-state index in [4.69, 9.17) is 4.74 Å². The molecule has 0 N–H and O–H groups in total. The number of hydrogen-bond donors (Lipinski definition) is 1. The van der Waals surface area contributed by atoms with E-state index in [1.807, 2.05) is 24.3 Å². The SMILES string of the molecule is C=C(CS)COc1cccc(Br)c1. The number of ether oxygens (including phenoxy) is 1. The summed E-state index contributed by atoms with van der Waals surface area (Å²) in [5, 5.41) is 0. The van der Waals surface area contributed by atoms with Gasteiger partial charge in [-0.1, -0.05) is 28.6 Å². The molecule has 0 aliphatic heterocycles. The molecule has 0 fully saturated rings. The average molecular weight is 259 g/mol. The van der Waals surface area contributed by atoms with Crippen LogP contribution in [0.15, 0.2) is 40.9 Å². The van der Waals surface area contributed by atoms with E-state index in [0.29, 0.717) is 12.4 Å². The first-order valence-corrected chi connectivity index (χ1v) is 5.31. The van der Waals surface area contributed by atoms with Gasteiger partial charge in [-0.05, 0) is 23.8 Å². The van der Waals surface area contributed by atoms with Crippen molar-refractivity contribution in [2.45, 2.75) is 0 Å². The number of thiol groups is 1. The molecule has 1 rings (SSSR count). The van der Waals surface area contributed by atoms with Crippen molar-refractivity contribution < 1.29 is 4.74 Å². The molecule has 70 valence electrons. The van der Waals surface area contributed by atoms with Crippen LogP contribution in [0.1, 0.15) is 0 Å². The maximum absolute atomic E-state index is 5.46. The average Bonchev–Trinajstić information content (AvgIpc) is 2.14. The molecule has 0 unspecified atom stereocenters. The number of benzene rings is 1. The fourth-order valence-electron chi connectivity index (χ4n) is 0.788. The molecule has 3 heteroatoms. The molecule has 0 radical (unpaired) electrons. The van der Waals surface area contributed by atoms with Gasteiger partial charge in [0.05, 0.1) is 0 Å². The van der Waals surface area contributed by atoms with Gasteiger partial charge in [0.25, 0.3) is 0 Å². The van der Waals surface area contributed by atoms with Crippen LogP contribution in [-0.4, -0.2) is 12.4 Å². The molecule has 1 nitrogen and oxygen atoms in total. The summed E-state index contributed by atoms with van der Waals surface area (Å²) in [6, 6.07) is 7.73. The van der Waals surface area contributed by atoms with Crippen LogP contribution in [0.5, 0.6) is 5.75 Å². The number of hydrogen-bond acceptors (Lipinski definition) is 2. The van der Waals surface area contributed by atoms with E-state index in [-0.39, 0.29) is 0 Å². The van der Waals surface area contributed by atoms with E-state index < -0.39 is 0 Å². The van der Waals surface area contributed by atoms with Crippen molar-refractivity contribution in [1.82, 2.24) is 0 Å². The van der Waals surface area contributed by atoms with Crippen molar-refractivity contribution in [3.63, 3.8) is 0 Å². The normalized spacial score (nSPS) is 9.69. The minimum atomic E-state index is 0.528. The van der Waals surface area contributed by atoms with Crippen molar-refractivity contribution in [1.29, 1.82) is 0 Å². The topological polar surface area (TPSA) is 9.23 Å². The van der Waals surface area contributed by atoms with E-state index in [0.717, 1.165) is 15.8 Å². The van der Waals surface area contributed by atoms with Gasteiger partial charge in [0, 0.05) is 10.2 Å². The van der Waals surface area contributed by atoms with Gasteiger partial charge in [0.15, 0.2) is 0 Å². The Bertz CT molecular complexity index is 299. The van der Waals surface area contributed by atoms with Gasteiger partial charge >= 0.3 is 0 Å². The quantitative estimate of drug-likeness (QED) is 0.644. The molecule has 0 aromatic heterocycles. The highest BCUT2D eigenvalue weighted by Gasteiger charge is 1.95. The van der Waals surface area contributed by atoms with E-state index in [1.54, 1.807) is 0 Å². The Labute approximate surface area is 92.3 Å². The minimum Gasteiger partial charge on any atom is -0.489 e. The third-order valence-electron chi connectivity index (χ3n) is 1.46. The second-order valence-corrected chi connectivity index (χ2v) is 3.89. The fourth-order valence-corrected chi connectivity index (χ4v) is 1.26. The van der Waals surface area contributed by atoms with Crippen LogP contribution < -0.4 is 4.74 Å². The largest absolute Gasteiger partial charge is 0.489 e. The lowest BCUT2D eigenvalue weighted by Crippen LogP contribution is -2.00. The van der Waals surface area contributed by atoms with Gasteiger partial charge in [0.2, 0.25) is 0 Å². The van der Waals surface area contributed by atoms with Crippen LogP contribution in [0.4, 0.5) is 0 Å². The van der Waals surface area contributed by atoms with Crippen LogP contribution >= 0.6 is 28.6 Å². The third kappa shape index (κ3) is 3.87. The summed E-state index contributed by atoms with van der Waals surface area (Å²) in [4.78, 5) is 0. The summed E-state index contributed by atoms with van der Waals surface area (Å²) >= 11 is 7.46. The molecule has 13 heavy (non-hydrogen) atoms. The lowest BCUT2D eigenvalue weighted by atomic mass is 10.3. The predicted octanol–water partition coefficient (Wildman–Crippen LogP) is 3.31. The smallest absolute Gasteiger partial charge is 0.120 e. The van der Waals surface area contributed by atoms with Crippen molar-refractivity contribution in [3.8, 4) is 5.75 Å². The Hall–Kier alpha value is -0.410. The van der Waals surface area contributed by atoms with Crippen molar-refractivity contribution in [3.05, 3.63) is 40.9 Å². The zero-order chi connectivity index (χ0) is 9.68. The van der Waals surface area contributed by atoms with Crippen molar-refractivity contribution in [2.24, 2.45) is 0 Å². The maximum Gasteiger partial charge on any atom is 0.120 e. The van der Waals surface area contributed by atoms with Crippen molar-refractivity contribution >= 4 is 28.6 Å². The molecule has 0 amide bonds. The summed E-state index contributed by atoms with van der Waals surface area (Å²) in [5.41, 5.74) is 0.975. The molecule has 1 aromatic carbocycles. The number of rotatable bonds is 4. The first-order chi connectivity index (χ1) is 6.22. The predicted molar refractivity (Wildman–Crippen MR) is 62.6 cm³/mol. The van der Waals surface area contributed by atoms with Gasteiger partial charge in [-0.3, -0.25) is 0 Å². The highest BCUT2D eigenvalue weighted by molar-refractivity contribution is 9.10. The summed E-state index contributed by atoms with van der Waals surface area (Å²) in [6.45, 7) is 4.33. The van der Waals surface area contributed by atoms with E-state index in [1.165, 1.54) is 0 Å². The van der Waals surface area contributed by atoms with Gasteiger partial charge in [-0.25, -0.2) is 0 Å². The van der Waals surface area contributed by atoms with Crippen LogP contribution in [0.3, 0.4) is 0 Å². The molecule has 0 aliphatic carbocycles. The summed E-state index contributed by atoms with van der Waals surface area (Å²) in [5.74, 6) is 1.51. The Morgan fingerprint density at radius 2 is 2.31 bits per heavy atom. The molecule has 0 saturated carbocycles. The summed E-state index contributed by atoms with van der Waals surface area (Å²) in [7, 11) is 0. The van der Waals surface area contributed by atoms with Crippen LogP contribution in [0, 0.1) is 0 Å². The highest BCUT2D eigenvalue weighted by Crippen LogP contribution is 2.18. The van der Waals surface area contributed by atoms with Crippen LogP contribution in [0.25, 0.3) is 0 Å². The molecular formula is C10H11BrOS. The lowest BCUT2D eigenvalue weighted by molar-refractivity contribution is 0.353. The molecular weight excluding hydrogens is 248 g/mol. The Kier molecular flexibility index (Phi) is 4.39. The van der Waals surface area contributed by atoms with Crippen molar-refractivity contribution in [2.75, 3.05) is 12.4 Å². The van der Waals surface area contributed by atoms with E-state index in [9.17, 15) is 0 Å².